The Morgan fingerprint density at radius 3 is 2.79 bits per heavy atom. The first kappa shape index (κ1) is 21.3. The van der Waals surface area contributed by atoms with Crippen LogP contribution >= 0.6 is 11.3 Å². The number of hydrogen-bond acceptors (Lipinski definition) is 6. The lowest BCUT2D eigenvalue weighted by Crippen LogP contribution is -2.35. The summed E-state index contributed by atoms with van der Waals surface area (Å²) in [5.41, 5.74) is 3.61. The second-order valence-electron chi connectivity index (χ2n) is 9.25. The van der Waals surface area contributed by atoms with Gasteiger partial charge >= 0.3 is 0 Å². The number of aryl methyl sites for hydroxylation is 2. The molecule has 1 fully saturated rings. The second-order valence-corrected chi connectivity index (χ2v) is 10.3. The Kier molecular flexibility index (Phi) is 4.80. The number of fused-ring (bicyclic) bond motifs is 4. The molecule has 0 saturated heterocycles. The Bertz CT molecular complexity index is 1530. The van der Waals surface area contributed by atoms with Gasteiger partial charge in [-0.2, -0.15) is 5.10 Å². The van der Waals surface area contributed by atoms with Gasteiger partial charge in [-0.15, -0.1) is 11.3 Å². The Labute approximate surface area is 196 Å². The summed E-state index contributed by atoms with van der Waals surface area (Å²) in [6.45, 7) is 3.85. The highest BCUT2D eigenvalue weighted by Crippen LogP contribution is 2.40. The molecule has 2 aliphatic rings. The highest BCUT2D eigenvalue weighted by molar-refractivity contribution is 7.18. The molecule has 11 heteroatoms. The van der Waals surface area contributed by atoms with E-state index in [-0.39, 0.29) is 28.4 Å². The van der Waals surface area contributed by atoms with Gasteiger partial charge in [-0.05, 0) is 56.6 Å². The summed E-state index contributed by atoms with van der Waals surface area (Å²) in [6, 6.07) is 1.36. The molecule has 0 aromatic carbocycles. The minimum Gasteiger partial charge on any atom is -0.267 e. The highest BCUT2D eigenvalue weighted by atomic mass is 32.1. The van der Waals surface area contributed by atoms with E-state index in [4.69, 9.17) is 0 Å². The van der Waals surface area contributed by atoms with E-state index in [9.17, 15) is 18.4 Å². The summed E-state index contributed by atoms with van der Waals surface area (Å²) in [6.07, 6.45) is 2.94. The third kappa shape index (κ3) is 3.32. The van der Waals surface area contributed by atoms with Gasteiger partial charge in [-0.3, -0.25) is 15.0 Å². The highest BCUT2D eigenvalue weighted by Gasteiger charge is 2.30. The van der Waals surface area contributed by atoms with E-state index in [1.54, 1.807) is 18.3 Å². The number of nitrogens with zero attached hydrogens (tertiary/aromatic N) is 5. The number of amides is 1. The lowest BCUT2D eigenvalue weighted by molar-refractivity contribution is 0.101. The number of halogens is 2. The summed E-state index contributed by atoms with van der Waals surface area (Å²) < 4.78 is 29.5. The average molecular weight is 485 g/mol. The van der Waals surface area contributed by atoms with E-state index in [0.717, 1.165) is 46.9 Å². The van der Waals surface area contributed by atoms with Gasteiger partial charge in [0.25, 0.3) is 17.9 Å². The van der Waals surface area contributed by atoms with Gasteiger partial charge in [0, 0.05) is 16.5 Å². The molecule has 1 saturated carbocycles. The fraction of sp³-hybridized carbons (Fsp3) is 0.435. The minimum absolute atomic E-state index is 0.0250. The lowest BCUT2D eigenvalue weighted by atomic mass is 9.89. The van der Waals surface area contributed by atoms with Gasteiger partial charge in [0.1, 0.15) is 21.9 Å². The van der Waals surface area contributed by atoms with E-state index in [1.807, 2.05) is 0 Å². The standard InChI is InChI=1S/C23H22F2N6O2S/c1-10-3-6-13-17(7-10)34-22-18(13)23(33)30(11(2)27-22)29-21(32)14-9-26-31-16(19(24)25)8-15(12-4-5-12)28-20(14)31/h8-10,12,19H,3-7H2,1-2H3,(H,29,32)/t10-/m0/s1. The zero-order chi connectivity index (χ0) is 23.7. The van der Waals surface area contributed by atoms with E-state index in [0.29, 0.717) is 27.7 Å². The Morgan fingerprint density at radius 1 is 1.26 bits per heavy atom. The third-order valence-corrected chi connectivity index (χ3v) is 7.84. The summed E-state index contributed by atoms with van der Waals surface area (Å²) >= 11 is 1.54. The molecule has 0 bridgehead atoms. The predicted molar refractivity (Wildman–Crippen MR) is 123 cm³/mol. The van der Waals surface area contributed by atoms with Crippen molar-refractivity contribution in [1.29, 1.82) is 0 Å². The van der Waals surface area contributed by atoms with Crippen LogP contribution < -0.4 is 11.0 Å². The number of rotatable bonds is 4. The first-order chi connectivity index (χ1) is 16.3. The van der Waals surface area contributed by atoms with Crippen LogP contribution in [0.4, 0.5) is 8.78 Å². The lowest BCUT2D eigenvalue weighted by Gasteiger charge is -2.17. The molecular weight excluding hydrogens is 462 g/mol. The van der Waals surface area contributed by atoms with Crippen molar-refractivity contribution in [2.24, 2.45) is 5.92 Å². The van der Waals surface area contributed by atoms with Crippen LogP contribution in [0.1, 0.15) is 76.5 Å². The zero-order valence-electron chi connectivity index (χ0n) is 18.6. The first-order valence-electron chi connectivity index (χ1n) is 11.3. The largest absolute Gasteiger partial charge is 0.281 e. The van der Waals surface area contributed by atoms with Crippen LogP contribution in [-0.2, 0) is 12.8 Å². The topological polar surface area (TPSA) is 94.2 Å². The van der Waals surface area contributed by atoms with Crippen molar-refractivity contribution in [2.75, 3.05) is 5.43 Å². The number of aromatic nitrogens is 5. The van der Waals surface area contributed by atoms with Crippen LogP contribution in [0, 0.1) is 12.8 Å². The number of nitrogens with one attached hydrogen (secondary N) is 1. The van der Waals surface area contributed by atoms with Crippen LogP contribution in [0.5, 0.6) is 0 Å². The molecule has 4 heterocycles. The van der Waals surface area contributed by atoms with Crippen molar-refractivity contribution in [2.45, 2.75) is 58.3 Å². The summed E-state index contributed by atoms with van der Waals surface area (Å²) in [7, 11) is 0. The Morgan fingerprint density at radius 2 is 2.06 bits per heavy atom. The van der Waals surface area contributed by atoms with Crippen molar-refractivity contribution >= 4 is 33.1 Å². The number of alkyl halides is 2. The molecule has 0 aliphatic heterocycles. The van der Waals surface area contributed by atoms with E-state index in [2.05, 4.69) is 27.4 Å². The van der Waals surface area contributed by atoms with Crippen LogP contribution in [0.3, 0.4) is 0 Å². The molecule has 6 rings (SSSR count). The van der Waals surface area contributed by atoms with Crippen LogP contribution in [0.2, 0.25) is 0 Å². The molecule has 1 N–H and O–H groups in total. The fourth-order valence-corrected chi connectivity index (χ4v) is 6.11. The number of carbonyl (C=O) groups is 1. The average Bonchev–Trinajstić information content (AvgIpc) is 3.46. The van der Waals surface area contributed by atoms with Crippen molar-refractivity contribution in [3.8, 4) is 0 Å². The molecule has 34 heavy (non-hydrogen) atoms. The van der Waals surface area contributed by atoms with Crippen molar-refractivity contribution in [3.63, 3.8) is 0 Å². The van der Waals surface area contributed by atoms with E-state index in [1.165, 1.54) is 17.1 Å². The smallest absolute Gasteiger partial charge is 0.267 e. The van der Waals surface area contributed by atoms with Crippen LogP contribution in [-0.4, -0.2) is 30.2 Å². The predicted octanol–water partition coefficient (Wildman–Crippen LogP) is 4.13. The molecule has 1 amide bonds. The molecule has 176 valence electrons. The number of hydrogen-bond donors (Lipinski definition) is 1. The zero-order valence-corrected chi connectivity index (χ0v) is 19.5. The van der Waals surface area contributed by atoms with Crippen molar-refractivity contribution in [3.05, 3.63) is 55.8 Å². The van der Waals surface area contributed by atoms with Crippen molar-refractivity contribution in [1.82, 2.24) is 24.3 Å². The molecule has 1 atom stereocenters. The second kappa shape index (κ2) is 7.66. The van der Waals surface area contributed by atoms with Gasteiger partial charge in [0.15, 0.2) is 5.65 Å². The molecule has 0 spiro atoms. The van der Waals surface area contributed by atoms with Gasteiger partial charge < -0.3 is 0 Å². The minimum atomic E-state index is -2.76. The Balaban J connectivity index is 1.42. The SMILES string of the molecule is Cc1nc2sc3c(c2c(=O)n1NC(=O)c1cnn2c(C(F)F)cc(C4CC4)nc12)CC[C@H](C)C3. The van der Waals surface area contributed by atoms with Crippen LogP contribution in [0.15, 0.2) is 17.1 Å². The van der Waals surface area contributed by atoms with E-state index >= 15 is 0 Å². The van der Waals surface area contributed by atoms with Gasteiger partial charge in [-0.25, -0.2) is 27.9 Å². The monoisotopic (exact) mass is 484 g/mol. The molecule has 0 unspecified atom stereocenters. The summed E-state index contributed by atoms with van der Waals surface area (Å²) in [5.74, 6) is 0.372. The van der Waals surface area contributed by atoms with Gasteiger partial charge in [0.05, 0.1) is 11.6 Å². The number of carbonyl (C=O) groups excluding carboxylic acids is 1. The van der Waals surface area contributed by atoms with Crippen molar-refractivity contribution < 1.29 is 13.6 Å². The van der Waals surface area contributed by atoms with Gasteiger partial charge in [-0.1, -0.05) is 6.92 Å². The quantitative estimate of drug-likeness (QED) is 0.470. The third-order valence-electron chi connectivity index (χ3n) is 6.69. The maximum atomic E-state index is 13.7. The van der Waals surface area contributed by atoms with E-state index < -0.39 is 12.3 Å². The number of thiophene rings is 1. The molecule has 4 aromatic rings. The maximum absolute atomic E-state index is 13.7. The molecule has 4 aromatic heterocycles. The molecular formula is C23H22F2N6O2S. The normalized spacial score (nSPS) is 18.1. The fourth-order valence-electron chi connectivity index (χ4n) is 4.69. The molecule has 8 nitrogen and oxygen atoms in total. The van der Waals surface area contributed by atoms with Gasteiger partial charge in [0.2, 0.25) is 0 Å². The maximum Gasteiger partial charge on any atom is 0.281 e. The summed E-state index contributed by atoms with van der Waals surface area (Å²) in [4.78, 5) is 37.5. The Hall–Kier alpha value is -3.21. The molecule has 2 aliphatic carbocycles. The summed E-state index contributed by atoms with van der Waals surface area (Å²) in [5, 5.41) is 4.53. The van der Waals surface area contributed by atoms with Crippen LogP contribution in [0.25, 0.3) is 15.9 Å². The first-order valence-corrected chi connectivity index (χ1v) is 12.2. The molecule has 0 radical (unpaired) electrons.